The van der Waals surface area contributed by atoms with Crippen LogP contribution in [0.3, 0.4) is 0 Å². The van der Waals surface area contributed by atoms with Crippen LogP contribution in [0.2, 0.25) is 0 Å². The van der Waals surface area contributed by atoms with Crippen LogP contribution in [-0.4, -0.2) is 14.2 Å². The van der Waals surface area contributed by atoms with E-state index in [1.165, 1.54) is 36.0 Å². The molecule has 2 heteroatoms. The molecule has 0 amide bonds. The fourth-order valence-corrected chi connectivity index (χ4v) is 3.57. The summed E-state index contributed by atoms with van der Waals surface area (Å²) in [6.45, 7) is 6.70. The van der Waals surface area contributed by atoms with Crippen LogP contribution < -0.4 is 10.1 Å². The van der Waals surface area contributed by atoms with Crippen LogP contribution in [0.15, 0.2) is 12.1 Å². The van der Waals surface area contributed by atoms with Crippen LogP contribution in [0.25, 0.3) is 0 Å². The lowest BCUT2D eigenvalue weighted by molar-refractivity contribution is 0.376. The highest BCUT2D eigenvalue weighted by Gasteiger charge is 2.29. The quantitative estimate of drug-likeness (QED) is 0.884. The van der Waals surface area contributed by atoms with Gasteiger partial charge in [0, 0.05) is 6.04 Å². The zero-order valence-electron chi connectivity index (χ0n) is 12.9. The molecule has 0 radical (unpaired) electrons. The molecule has 1 saturated carbocycles. The molecule has 0 spiro atoms. The molecule has 1 N–H and O–H groups in total. The van der Waals surface area contributed by atoms with Crippen molar-refractivity contribution in [3.8, 4) is 5.75 Å². The van der Waals surface area contributed by atoms with Gasteiger partial charge in [-0.25, -0.2) is 0 Å². The molecule has 0 aromatic heterocycles. The number of rotatable bonds is 4. The molecule has 2 rings (SSSR count). The van der Waals surface area contributed by atoms with E-state index in [0.29, 0.717) is 6.04 Å². The van der Waals surface area contributed by atoms with Gasteiger partial charge in [-0.1, -0.05) is 19.4 Å². The fraction of sp³-hybridized carbons (Fsp3) is 0.647. The minimum atomic E-state index is 0.481. The number of methoxy groups -OCH3 is 1. The van der Waals surface area contributed by atoms with Crippen LogP contribution in [0.1, 0.15) is 48.9 Å². The van der Waals surface area contributed by atoms with Crippen molar-refractivity contribution in [2.45, 2.75) is 46.1 Å². The van der Waals surface area contributed by atoms with Gasteiger partial charge in [-0.05, 0) is 68.3 Å². The van der Waals surface area contributed by atoms with Crippen LogP contribution in [0, 0.1) is 25.7 Å². The molecule has 1 aliphatic rings. The monoisotopic (exact) mass is 261 g/mol. The van der Waals surface area contributed by atoms with Gasteiger partial charge in [0.05, 0.1) is 7.11 Å². The Labute approximate surface area is 117 Å². The third-order valence-electron chi connectivity index (χ3n) is 4.64. The zero-order chi connectivity index (χ0) is 14.0. The summed E-state index contributed by atoms with van der Waals surface area (Å²) in [6, 6.07) is 4.96. The van der Waals surface area contributed by atoms with Gasteiger partial charge in [0.2, 0.25) is 0 Å². The summed E-state index contributed by atoms with van der Waals surface area (Å²) in [6.07, 6.45) is 4.06. The SMILES string of the molecule is CNC(c1cc(C)c(OC)cc1C)C1CCC(C)C1. The van der Waals surface area contributed by atoms with Crippen molar-refractivity contribution in [3.63, 3.8) is 0 Å². The third kappa shape index (κ3) is 2.94. The van der Waals surface area contributed by atoms with Gasteiger partial charge in [0.15, 0.2) is 0 Å². The first kappa shape index (κ1) is 14.4. The first-order valence-corrected chi connectivity index (χ1v) is 7.39. The van der Waals surface area contributed by atoms with Crippen molar-refractivity contribution >= 4 is 0 Å². The zero-order valence-corrected chi connectivity index (χ0v) is 12.9. The van der Waals surface area contributed by atoms with Crippen molar-refractivity contribution in [1.82, 2.24) is 5.32 Å². The van der Waals surface area contributed by atoms with Gasteiger partial charge in [-0.2, -0.15) is 0 Å². The molecular formula is C17H27NO. The highest BCUT2D eigenvalue weighted by molar-refractivity contribution is 5.43. The Bertz CT molecular complexity index is 441. The average Bonchev–Trinajstić information content (AvgIpc) is 2.80. The molecule has 19 heavy (non-hydrogen) atoms. The number of nitrogens with one attached hydrogen (secondary N) is 1. The molecule has 3 unspecified atom stereocenters. The number of benzene rings is 1. The number of hydrogen-bond donors (Lipinski definition) is 1. The Morgan fingerprint density at radius 2 is 1.95 bits per heavy atom. The fourth-order valence-electron chi connectivity index (χ4n) is 3.57. The summed E-state index contributed by atoms with van der Waals surface area (Å²) in [5.41, 5.74) is 4.01. The van der Waals surface area contributed by atoms with Crippen molar-refractivity contribution < 1.29 is 4.74 Å². The van der Waals surface area contributed by atoms with Gasteiger partial charge in [0.1, 0.15) is 5.75 Å². The Morgan fingerprint density at radius 1 is 1.21 bits per heavy atom. The van der Waals surface area contributed by atoms with Gasteiger partial charge >= 0.3 is 0 Å². The molecule has 3 atom stereocenters. The van der Waals surface area contributed by atoms with E-state index in [1.54, 1.807) is 7.11 Å². The molecule has 1 fully saturated rings. The minimum absolute atomic E-state index is 0.481. The van der Waals surface area contributed by atoms with E-state index in [4.69, 9.17) is 4.74 Å². The average molecular weight is 261 g/mol. The van der Waals surface area contributed by atoms with E-state index in [2.05, 4.69) is 45.3 Å². The first-order valence-electron chi connectivity index (χ1n) is 7.39. The van der Waals surface area contributed by atoms with Crippen LogP contribution >= 0.6 is 0 Å². The molecular weight excluding hydrogens is 234 g/mol. The lowest BCUT2D eigenvalue weighted by atomic mass is 9.87. The summed E-state index contributed by atoms with van der Waals surface area (Å²) in [5.74, 6) is 2.64. The largest absolute Gasteiger partial charge is 0.496 e. The number of hydrogen-bond acceptors (Lipinski definition) is 2. The lowest BCUT2D eigenvalue weighted by Crippen LogP contribution is -2.24. The van der Waals surface area contributed by atoms with E-state index in [9.17, 15) is 0 Å². The van der Waals surface area contributed by atoms with E-state index >= 15 is 0 Å². The Hall–Kier alpha value is -1.02. The first-order chi connectivity index (χ1) is 9.06. The maximum absolute atomic E-state index is 5.42. The summed E-state index contributed by atoms with van der Waals surface area (Å²) in [5, 5.41) is 3.55. The van der Waals surface area contributed by atoms with Crippen molar-refractivity contribution in [2.24, 2.45) is 11.8 Å². The van der Waals surface area contributed by atoms with Crippen molar-refractivity contribution in [3.05, 3.63) is 28.8 Å². The highest BCUT2D eigenvalue weighted by Crippen LogP contribution is 2.40. The number of ether oxygens (including phenoxy) is 1. The molecule has 0 saturated heterocycles. The predicted molar refractivity (Wildman–Crippen MR) is 80.8 cm³/mol. The predicted octanol–water partition coefficient (Wildman–Crippen LogP) is 4.01. The smallest absolute Gasteiger partial charge is 0.122 e. The second-order valence-electron chi connectivity index (χ2n) is 6.12. The minimum Gasteiger partial charge on any atom is -0.496 e. The molecule has 0 bridgehead atoms. The maximum Gasteiger partial charge on any atom is 0.122 e. The highest BCUT2D eigenvalue weighted by atomic mass is 16.5. The van der Waals surface area contributed by atoms with Gasteiger partial charge in [0.25, 0.3) is 0 Å². The normalized spacial score (nSPS) is 24.5. The van der Waals surface area contributed by atoms with Gasteiger partial charge < -0.3 is 10.1 Å². The van der Waals surface area contributed by atoms with Gasteiger partial charge in [-0.15, -0.1) is 0 Å². The molecule has 0 aliphatic heterocycles. The Kier molecular flexibility index (Phi) is 4.51. The molecule has 0 heterocycles. The Morgan fingerprint density at radius 3 is 2.47 bits per heavy atom. The van der Waals surface area contributed by atoms with Gasteiger partial charge in [-0.3, -0.25) is 0 Å². The Balaban J connectivity index is 2.30. The second kappa shape index (κ2) is 5.96. The summed E-state index contributed by atoms with van der Waals surface area (Å²) in [7, 11) is 3.84. The number of aryl methyl sites for hydroxylation is 2. The molecule has 1 aromatic carbocycles. The molecule has 2 nitrogen and oxygen atoms in total. The van der Waals surface area contributed by atoms with Crippen LogP contribution in [-0.2, 0) is 0 Å². The van der Waals surface area contributed by atoms with Crippen molar-refractivity contribution in [1.29, 1.82) is 0 Å². The molecule has 1 aromatic rings. The summed E-state index contributed by atoms with van der Waals surface area (Å²) in [4.78, 5) is 0. The van der Waals surface area contributed by atoms with E-state index in [0.717, 1.165) is 17.6 Å². The topological polar surface area (TPSA) is 21.3 Å². The molecule has 106 valence electrons. The second-order valence-corrected chi connectivity index (χ2v) is 6.12. The lowest BCUT2D eigenvalue weighted by Gasteiger charge is -2.26. The third-order valence-corrected chi connectivity index (χ3v) is 4.64. The standard InChI is InChI=1S/C17H27NO/c1-11-6-7-14(8-11)17(18-4)15-9-13(3)16(19-5)10-12(15)2/h9-11,14,17-18H,6-8H2,1-5H3. The summed E-state index contributed by atoms with van der Waals surface area (Å²) >= 11 is 0. The van der Waals surface area contributed by atoms with E-state index in [-0.39, 0.29) is 0 Å². The van der Waals surface area contributed by atoms with Crippen molar-refractivity contribution in [2.75, 3.05) is 14.2 Å². The van der Waals surface area contributed by atoms with E-state index in [1.807, 2.05) is 0 Å². The van der Waals surface area contributed by atoms with Crippen LogP contribution in [0.5, 0.6) is 5.75 Å². The molecule has 1 aliphatic carbocycles. The maximum atomic E-state index is 5.42. The van der Waals surface area contributed by atoms with E-state index < -0.39 is 0 Å². The van der Waals surface area contributed by atoms with Crippen LogP contribution in [0.4, 0.5) is 0 Å². The summed E-state index contributed by atoms with van der Waals surface area (Å²) < 4.78 is 5.42.